The highest BCUT2D eigenvalue weighted by molar-refractivity contribution is 7.07. The molecule has 0 spiro atoms. The van der Waals surface area contributed by atoms with Gasteiger partial charge in [-0.05, 0) is 18.2 Å². The molecule has 2 aromatic rings. The van der Waals surface area contributed by atoms with Crippen molar-refractivity contribution in [1.29, 1.82) is 0 Å². The van der Waals surface area contributed by atoms with Crippen LogP contribution in [0.3, 0.4) is 0 Å². The van der Waals surface area contributed by atoms with Gasteiger partial charge in [0, 0.05) is 25.0 Å². The fourth-order valence-electron chi connectivity index (χ4n) is 1.73. The molecule has 3 N–H and O–H groups in total. The zero-order valence-corrected chi connectivity index (χ0v) is 10.9. The number of rotatable bonds is 2. The molecule has 0 aliphatic carbocycles. The Morgan fingerprint density at radius 1 is 1.50 bits per heavy atom. The van der Waals surface area contributed by atoms with Crippen molar-refractivity contribution in [3.63, 3.8) is 0 Å². The third-order valence-electron chi connectivity index (χ3n) is 2.67. The van der Waals surface area contributed by atoms with Crippen molar-refractivity contribution in [2.24, 2.45) is 17.8 Å². The Hall–Kier alpha value is -2.08. The predicted molar refractivity (Wildman–Crippen MR) is 70.4 cm³/mol. The molecule has 5 nitrogen and oxygen atoms in total. The first-order chi connectivity index (χ1) is 8.54. The highest BCUT2D eigenvalue weighted by atomic mass is 32.1. The topological polar surface area (TPSA) is 80.6 Å². The largest absolute Gasteiger partial charge is 0.507 e. The molecule has 1 amide bonds. The van der Waals surface area contributed by atoms with Crippen LogP contribution in [-0.4, -0.2) is 22.6 Å². The maximum atomic E-state index is 11.2. The maximum absolute atomic E-state index is 11.2. The summed E-state index contributed by atoms with van der Waals surface area (Å²) >= 11 is 1.51. The van der Waals surface area contributed by atoms with Crippen LogP contribution in [0.25, 0.3) is 11.3 Å². The highest BCUT2D eigenvalue weighted by Crippen LogP contribution is 2.25. The molecule has 0 aliphatic rings. The molecular weight excluding hydrogens is 250 g/mol. The van der Waals surface area contributed by atoms with Crippen molar-refractivity contribution in [1.82, 2.24) is 4.57 Å². The molecule has 0 saturated carbocycles. The standard InChI is InChI=1S/C12H13N3O2S/c1-14-12-15(2)9(6-18-12)7-3-4-10(16)8(5-7)11(13)17/h3-6,16H,1-2H3,(H2,13,17). The number of hydrogen-bond donors (Lipinski definition) is 2. The smallest absolute Gasteiger partial charge is 0.252 e. The van der Waals surface area contributed by atoms with E-state index in [4.69, 9.17) is 5.73 Å². The average molecular weight is 263 g/mol. The van der Waals surface area contributed by atoms with Crippen LogP contribution in [0.4, 0.5) is 0 Å². The Labute approximate surface area is 108 Å². The molecule has 0 saturated heterocycles. The molecule has 0 bridgehead atoms. The van der Waals surface area contributed by atoms with E-state index in [2.05, 4.69) is 4.99 Å². The SMILES string of the molecule is CN=c1scc(-c2ccc(O)c(C(N)=O)c2)n1C. The lowest BCUT2D eigenvalue weighted by atomic mass is 10.1. The Kier molecular flexibility index (Phi) is 3.20. The maximum Gasteiger partial charge on any atom is 0.252 e. The van der Waals surface area contributed by atoms with Crippen LogP contribution < -0.4 is 10.5 Å². The molecule has 6 heteroatoms. The first-order valence-corrected chi connectivity index (χ1v) is 6.13. The molecule has 94 valence electrons. The lowest BCUT2D eigenvalue weighted by Gasteiger charge is -2.06. The van der Waals surface area contributed by atoms with E-state index in [1.54, 1.807) is 19.2 Å². The van der Waals surface area contributed by atoms with E-state index in [1.807, 2.05) is 17.0 Å². The zero-order chi connectivity index (χ0) is 13.3. The number of carbonyl (C=O) groups is 1. The molecule has 0 unspecified atom stereocenters. The normalized spacial score (nSPS) is 11.8. The van der Waals surface area contributed by atoms with Crippen molar-refractivity contribution in [2.75, 3.05) is 7.05 Å². The lowest BCUT2D eigenvalue weighted by Crippen LogP contribution is -2.12. The van der Waals surface area contributed by atoms with Crippen LogP contribution in [-0.2, 0) is 7.05 Å². The van der Waals surface area contributed by atoms with Gasteiger partial charge in [0.25, 0.3) is 5.91 Å². The third kappa shape index (κ3) is 2.02. The van der Waals surface area contributed by atoms with Crippen LogP contribution in [0.15, 0.2) is 28.6 Å². The fourth-order valence-corrected chi connectivity index (χ4v) is 2.60. The summed E-state index contributed by atoms with van der Waals surface area (Å²) in [6, 6.07) is 4.79. The second kappa shape index (κ2) is 4.66. The van der Waals surface area contributed by atoms with E-state index in [-0.39, 0.29) is 11.3 Å². The average Bonchev–Trinajstić information content (AvgIpc) is 2.71. The number of nitrogens with two attached hydrogens (primary N) is 1. The van der Waals surface area contributed by atoms with Crippen LogP contribution in [0.5, 0.6) is 5.75 Å². The Balaban J connectivity index is 2.61. The van der Waals surface area contributed by atoms with Crippen LogP contribution in [0.1, 0.15) is 10.4 Å². The second-order valence-electron chi connectivity index (χ2n) is 3.78. The number of aromatic hydroxyl groups is 1. The van der Waals surface area contributed by atoms with Gasteiger partial charge in [0.05, 0.1) is 11.3 Å². The van der Waals surface area contributed by atoms with Gasteiger partial charge < -0.3 is 15.4 Å². The van der Waals surface area contributed by atoms with Gasteiger partial charge in [-0.25, -0.2) is 0 Å². The molecule has 1 heterocycles. The fraction of sp³-hybridized carbons (Fsp3) is 0.167. The molecule has 0 aliphatic heterocycles. The monoisotopic (exact) mass is 263 g/mol. The summed E-state index contributed by atoms with van der Waals surface area (Å²) in [7, 11) is 3.62. The predicted octanol–water partition coefficient (Wildman–Crippen LogP) is 1.09. The number of aromatic nitrogens is 1. The Morgan fingerprint density at radius 2 is 2.22 bits per heavy atom. The van der Waals surface area contributed by atoms with Crippen molar-refractivity contribution >= 4 is 17.2 Å². The van der Waals surface area contributed by atoms with Crippen molar-refractivity contribution in [2.45, 2.75) is 0 Å². The number of nitrogens with zero attached hydrogens (tertiary/aromatic N) is 2. The van der Waals surface area contributed by atoms with Gasteiger partial charge in [-0.15, -0.1) is 11.3 Å². The summed E-state index contributed by atoms with van der Waals surface area (Å²) in [4.78, 5) is 16.2. The van der Waals surface area contributed by atoms with Crippen molar-refractivity contribution in [3.8, 4) is 17.0 Å². The van der Waals surface area contributed by atoms with Crippen LogP contribution in [0, 0.1) is 0 Å². The summed E-state index contributed by atoms with van der Waals surface area (Å²) in [6.45, 7) is 0. The quantitative estimate of drug-likeness (QED) is 0.850. The highest BCUT2D eigenvalue weighted by Gasteiger charge is 2.11. The minimum atomic E-state index is -0.646. The van der Waals surface area contributed by atoms with Crippen LogP contribution >= 0.6 is 11.3 Å². The Bertz CT molecular complexity index is 670. The third-order valence-corrected chi connectivity index (χ3v) is 3.68. The number of benzene rings is 1. The molecule has 0 atom stereocenters. The van der Waals surface area contributed by atoms with E-state index in [0.29, 0.717) is 0 Å². The first kappa shape index (κ1) is 12.4. The molecule has 1 aromatic heterocycles. The van der Waals surface area contributed by atoms with Gasteiger partial charge >= 0.3 is 0 Å². The number of amides is 1. The minimum Gasteiger partial charge on any atom is -0.507 e. The molecule has 2 rings (SSSR count). The van der Waals surface area contributed by atoms with Gasteiger partial charge in [0.15, 0.2) is 4.80 Å². The molecule has 18 heavy (non-hydrogen) atoms. The number of phenols is 1. The summed E-state index contributed by atoms with van der Waals surface area (Å²) in [5.74, 6) is -0.753. The van der Waals surface area contributed by atoms with Gasteiger partial charge in [-0.1, -0.05) is 0 Å². The van der Waals surface area contributed by atoms with Gasteiger partial charge in [-0.3, -0.25) is 9.79 Å². The molecule has 0 fully saturated rings. The van der Waals surface area contributed by atoms with Gasteiger partial charge in [0.1, 0.15) is 5.75 Å². The van der Waals surface area contributed by atoms with E-state index < -0.39 is 5.91 Å². The summed E-state index contributed by atoms with van der Waals surface area (Å²) in [6.07, 6.45) is 0. The van der Waals surface area contributed by atoms with Crippen molar-refractivity contribution in [3.05, 3.63) is 33.9 Å². The molecule has 1 aromatic carbocycles. The van der Waals surface area contributed by atoms with E-state index >= 15 is 0 Å². The van der Waals surface area contributed by atoms with Crippen LogP contribution in [0.2, 0.25) is 0 Å². The van der Waals surface area contributed by atoms with E-state index in [0.717, 1.165) is 16.1 Å². The number of thiazole rings is 1. The lowest BCUT2D eigenvalue weighted by molar-refractivity contribution is 0.0998. The molecular formula is C12H13N3O2S. The first-order valence-electron chi connectivity index (χ1n) is 5.25. The summed E-state index contributed by atoms with van der Waals surface area (Å²) in [5.41, 5.74) is 7.06. The summed E-state index contributed by atoms with van der Waals surface area (Å²) in [5, 5.41) is 11.5. The Morgan fingerprint density at radius 3 is 2.78 bits per heavy atom. The van der Waals surface area contributed by atoms with Gasteiger partial charge in [0.2, 0.25) is 0 Å². The van der Waals surface area contributed by atoms with Crippen molar-refractivity contribution < 1.29 is 9.90 Å². The molecule has 0 radical (unpaired) electrons. The minimum absolute atomic E-state index is 0.107. The summed E-state index contributed by atoms with van der Waals surface area (Å²) < 4.78 is 1.92. The number of primary amides is 1. The number of hydrogen-bond acceptors (Lipinski definition) is 4. The number of carbonyl (C=O) groups excluding carboxylic acids is 1. The zero-order valence-electron chi connectivity index (χ0n) is 10.0. The van der Waals surface area contributed by atoms with E-state index in [9.17, 15) is 9.90 Å². The van der Waals surface area contributed by atoms with E-state index in [1.165, 1.54) is 17.4 Å². The second-order valence-corrected chi connectivity index (χ2v) is 4.62. The van der Waals surface area contributed by atoms with Gasteiger partial charge in [-0.2, -0.15) is 0 Å².